The molecule has 1 heteroatoms. The molecule has 0 saturated carbocycles. The van der Waals surface area contributed by atoms with Crippen LogP contribution in [0.4, 0.5) is 0 Å². The maximum absolute atomic E-state index is 2.62. The average Bonchev–Trinajstić information content (AvgIpc) is 2.54. The lowest BCUT2D eigenvalue weighted by Crippen LogP contribution is -2.34. The van der Waals surface area contributed by atoms with E-state index in [0.717, 1.165) is 13.1 Å². The molecule has 1 nitrogen and oxygen atoms in total. The fraction of sp³-hybridized carbons (Fsp3) is 0.429. The van der Waals surface area contributed by atoms with Crippen LogP contribution in [0, 0.1) is 0 Å². The van der Waals surface area contributed by atoms with Crippen LogP contribution in [0.2, 0.25) is 0 Å². The summed E-state index contributed by atoms with van der Waals surface area (Å²) in [7, 11) is 0. The molecule has 0 fully saturated rings. The Labute approximate surface area is 135 Å². The minimum absolute atomic E-state index is 0.594. The fourth-order valence-corrected chi connectivity index (χ4v) is 3.67. The predicted octanol–water partition coefficient (Wildman–Crippen LogP) is 4.97. The smallest absolute Gasteiger partial charge is 0.0236 e. The molecule has 1 aliphatic heterocycles. The molecule has 2 aromatic rings. The van der Waals surface area contributed by atoms with Crippen LogP contribution in [0.5, 0.6) is 0 Å². The van der Waals surface area contributed by atoms with Gasteiger partial charge in [0.1, 0.15) is 0 Å². The number of benzene rings is 2. The topological polar surface area (TPSA) is 3.24 Å². The molecule has 0 bridgehead atoms. The molecular formula is C21H27N. The zero-order chi connectivity index (χ0) is 15.5. The first-order valence-electron chi connectivity index (χ1n) is 8.53. The minimum atomic E-state index is 0.594. The molecule has 0 amide bonds. The number of nitrogens with zero attached hydrogens (tertiary/aromatic N) is 1. The van der Waals surface area contributed by atoms with Crippen molar-refractivity contribution < 1.29 is 0 Å². The van der Waals surface area contributed by atoms with Gasteiger partial charge in [0.25, 0.3) is 0 Å². The third kappa shape index (κ3) is 3.25. The van der Waals surface area contributed by atoms with E-state index >= 15 is 0 Å². The van der Waals surface area contributed by atoms with E-state index in [9.17, 15) is 0 Å². The summed E-state index contributed by atoms with van der Waals surface area (Å²) in [5, 5.41) is 0. The summed E-state index contributed by atoms with van der Waals surface area (Å²) in [4.78, 5) is 2.62. The quantitative estimate of drug-likeness (QED) is 0.769. The van der Waals surface area contributed by atoms with Crippen molar-refractivity contribution in [3.05, 3.63) is 70.8 Å². The van der Waals surface area contributed by atoms with Gasteiger partial charge in [0.2, 0.25) is 0 Å². The van der Waals surface area contributed by atoms with Crippen molar-refractivity contribution in [3.63, 3.8) is 0 Å². The Kier molecular flexibility index (Phi) is 4.63. The van der Waals surface area contributed by atoms with E-state index in [4.69, 9.17) is 0 Å². The molecule has 1 atom stereocenters. The average molecular weight is 293 g/mol. The fourth-order valence-electron chi connectivity index (χ4n) is 3.67. The predicted molar refractivity (Wildman–Crippen MR) is 94.4 cm³/mol. The molecule has 22 heavy (non-hydrogen) atoms. The second kappa shape index (κ2) is 6.66. The van der Waals surface area contributed by atoms with E-state index in [1.54, 1.807) is 11.1 Å². The van der Waals surface area contributed by atoms with Crippen molar-refractivity contribution in [2.24, 2.45) is 0 Å². The zero-order valence-electron chi connectivity index (χ0n) is 14.0. The first-order chi connectivity index (χ1) is 10.6. The Bertz CT molecular complexity index is 615. The van der Waals surface area contributed by atoms with Gasteiger partial charge in [0.05, 0.1) is 0 Å². The molecule has 0 radical (unpaired) electrons. The van der Waals surface area contributed by atoms with Gasteiger partial charge in [0, 0.05) is 19.6 Å². The van der Waals surface area contributed by atoms with Gasteiger partial charge in [-0.05, 0) is 40.5 Å². The summed E-state index contributed by atoms with van der Waals surface area (Å²) in [6, 6.07) is 17.8. The maximum Gasteiger partial charge on any atom is 0.0236 e. The summed E-state index contributed by atoms with van der Waals surface area (Å²) in [5.74, 6) is 1.22. The minimum Gasteiger partial charge on any atom is -0.298 e. The van der Waals surface area contributed by atoms with Crippen LogP contribution >= 0.6 is 0 Å². The van der Waals surface area contributed by atoms with Gasteiger partial charge in [0.15, 0.2) is 0 Å². The SMILES string of the molecule is CC(C)c1cccc2c1CCN(CC(C)c1ccccc1)C2. The third-order valence-corrected chi connectivity index (χ3v) is 4.90. The highest BCUT2D eigenvalue weighted by Gasteiger charge is 2.21. The van der Waals surface area contributed by atoms with Crippen LogP contribution < -0.4 is 0 Å². The number of fused-ring (bicyclic) bond motifs is 1. The van der Waals surface area contributed by atoms with Crippen LogP contribution in [-0.2, 0) is 13.0 Å². The first kappa shape index (κ1) is 15.3. The Morgan fingerprint density at radius 1 is 0.955 bits per heavy atom. The van der Waals surface area contributed by atoms with E-state index < -0.39 is 0 Å². The molecule has 0 spiro atoms. The summed E-state index contributed by atoms with van der Waals surface area (Å²) in [5.41, 5.74) is 6.15. The van der Waals surface area contributed by atoms with Crippen molar-refractivity contribution >= 4 is 0 Å². The Hall–Kier alpha value is -1.60. The van der Waals surface area contributed by atoms with Crippen LogP contribution in [0.15, 0.2) is 48.5 Å². The van der Waals surface area contributed by atoms with Gasteiger partial charge in [-0.25, -0.2) is 0 Å². The Morgan fingerprint density at radius 3 is 2.45 bits per heavy atom. The highest BCUT2D eigenvalue weighted by Crippen LogP contribution is 2.28. The van der Waals surface area contributed by atoms with Gasteiger partial charge in [-0.15, -0.1) is 0 Å². The lowest BCUT2D eigenvalue weighted by Gasteiger charge is -2.32. The molecular weight excluding hydrogens is 266 g/mol. The van der Waals surface area contributed by atoms with Crippen LogP contribution in [0.1, 0.15) is 54.9 Å². The molecule has 3 rings (SSSR count). The zero-order valence-corrected chi connectivity index (χ0v) is 14.0. The second-order valence-electron chi connectivity index (χ2n) is 6.94. The lowest BCUT2D eigenvalue weighted by atomic mass is 9.88. The number of hydrogen-bond acceptors (Lipinski definition) is 1. The third-order valence-electron chi connectivity index (χ3n) is 4.90. The number of rotatable bonds is 4. The highest BCUT2D eigenvalue weighted by molar-refractivity contribution is 5.38. The lowest BCUT2D eigenvalue weighted by molar-refractivity contribution is 0.241. The standard InChI is InChI=1S/C21H27N/c1-16(2)20-11-7-10-19-15-22(13-12-21(19)20)14-17(3)18-8-5-4-6-9-18/h4-11,16-17H,12-15H2,1-3H3. The summed E-state index contributed by atoms with van der Waals surface area (Å²) in [6.07, 6.45) is 1.20. The highest BCUT2D eigenvalue weighted by atomic mass is 15.1. The van der Waals surface area contributed by atoms with Gasteiger partial charge in [-0.3, -0.25) is 4.90 Å². The van der Waals surface area contributed by atoms with Crippen LogP contribution in [0.3, 0.4) is 0 Å². The molecule has 1 unspecified atom stereocenters. The second-order valence-corrected chi connectivity index (χ2v) is 6.94. The van der Waals surface area contributed by atoms with Gasteiger partial charge < -0.3 is 0 Å². The van der Waals surface area contributed by atoms with Crippen molar-refractivity contribution in [1.82, 2.24) is 4.90 Å². The summed E-state index contributed by atoms with van der Waals surface area (Å²) >= 11 is 0. The molecule has 0 saturated heterocycles. The first-order valence-corrected chi connectivity index (χ1v) is 8.53. The van der Waals surface area contributed by atoms with Crippen LogP contribution in [-0.4, -0.2) is 18.0 Å². The molecule has 0 aliphatic carbocycles. The van der Waals surface area contributed by atoms with E-state index in [2.05, 4.69) is 74.2 Å². The Balaban J connectivity index is 1.71. The normalized spacial score (nSPS) is 16.5. The van der Waals surface area contributed by atoms with Crippen molar-refractivity contribution in [1.29, 1.82) is 0 Å². The molecule has 1 aliphatic rings. The number of hydrogen-bond donors (Lipinski definition) is 0. The van der Waals surface area contributed by atoms with E-state index in [0.29, 0.717) is 11.8 Å². The largest absolute Gasteiger partial charge is 0.298 e. The maximum atomic E-state index is 2.62. The van der Waals surface area contributed by atoms with Crippen molar-refractivity contribution in [3.8, 4) is 0 Å². The van der Waals surface area contributed by atoms with Gasteiger partial charge >= 0.3 is 0 Å². The monoisotopic (exact) mass is 293 g/mol. The summed E-state index contributed by atoms with van der Waals surface area (Å²) < 4.78 is 0. The molecule has 0 N–H and O–H groups in total. The molecule has 2 aromatic carbocycles. The van der Waals surface area contributed by atoms with Gasteiger partial charge in [-0.1, -0.05) is 69.3 Å². The van der Waals surface area contributed by atoms with Crippen LogP contribution in [0.25, 0.3) is 0 Å². The van der Waals surface area contributed by atoms with Crippen molar-refractivity contribution in [2.45, 2.75) is 45.6 Å². The van der Waals surface area contributed by atoms with E-state index in [1.165, 1.54) is 24.1 Å². The molecule has 1 heterocycles. The summed E-state index contributed by atoms with van der Waals surface area (Å²) in [6.45, 7) is 10.4. The van der Waals surface area contributed by atoms with E-state index in [-0.39, 0.29) is 0 Å². The van der Waals surface area contributed by atoms with E-state index in [1.807, 2.05) is 0 Å². The Morgan fingerprint density at radius 2 is 1.73 bits per heavy atom. The van der Waals surface area contributed by atoms with Gasteiger partial charge in [-0.2, -0.15) is 0 Å². The van der Waals surface area contributed by atoms with Crippen molar-refractivity contribution in [2.75, 3.05) is 13.1 Å². The molecule has 116 valence electrons. The molecule has 0 aromatic heterocycles.